The number of halogens is 3. The molecular weight excluding hydrogens is 854 g/mol. The maximum Gasteiger partial charge on any atom is 0.573 e. The predicted molar refractivity (Wildman–Crippen MR) is 235 cm³/mol. The number of rotatable bonds is 12. The van der Waals surface area contributed by atoms with Gasteiger partial charge in [-0.05, 0) is 72.6 Å². The summed E-state index contributed by atoms with van der Waals surface area (Å²) >= 11 is 0. The minimum Gasteiger partial charge on any atom is -0.453 e. The number of methoxy groups -OCH3 is 1. The van der Waals surface area contributed by atoms with E-state index in [1.807, 2.05) is 11.8 Å². The molecule has 2 saturated heterocycles. The largest absolute Gasteiger partial charge is 0.573 e. The number of piperazine rings is 1. The van der Waals surface area contributed by atoms with Gasteiger partial charge in [0.15, 0.2) is 0 Å². The molecular formula is C45H53F3N8O7S. The van der Waals surface area contributed by atoms with Gasteiger partial charge in [0.25, 0.3) is 5.91 Å². The highest BCUT2D eigenvalue weighted by atomic mass is 32.2. The lowest BCUT2D eigenvalue weighted by Crippen LogP contribution is -2.54. The van der Waals surface area contributed by atoms with E-state index in [9.17, 15) is 36.6 Å². The zero-order valence-electron chi connectivity index (χ0n) is 36.7. The molecule has 4 amide bonds. The van der Waals surface area contributed by atoms with E-state index in [0.717, 1.165) is 12.5 Å². The Morgan fingerprint density at radius 3 is 2.27 bits per heavy atom. The first-order valence-corrected chi connectivity index (χ1v) is 22.7. The van der Waals surface area contributed by atoms with Crippen molar-refractivity contribution in [2.24, 2.45) is 17.3 Å². The molecule has 64 heavy (non-hydrogen) atoms. The van der Waals surface area contributed by atoms with Gasteiger partial charge in [0.2, 0.25) is 11.8 Å². The number of carbonyl (C=O) groups is 4. The van der Waals surface area contributed by atoms with E-state index in [4.69, 9.17) is 4.74 Å². The van der Waals surface area contributed by atoms with Crippen LogP contribution in [-0.2, 0) is 25.1 Å². The lowest BCUT2D eigenvalue weighted by molar-refractivity contribution is -0.274. The van der Waals surface area contributed by atoms with Crippen molar-refractivity contribution in [1.82, 2.24) is 30.1 Å². The van der Waals surface area contributed by atoms with Crippen LogP contribution in [0.4, 0.5) is 29.5 Å². The Balaban J connectivity index is 1.03. The zero-order chi connectivity index (χ0) is 46.2. The van der Waals surface area contributed by atoms with Crippen LogP contribution in [0.25, 0.3) is 22.4 Å². The minimum atomic E-state index is -5.05. The first kappa shape index (κ1) is 46.0. The number of ether oxygens (including phenoxy) is 2. The van der Waals surface area contributed by atoms with Crippen LogP contribution in [-0.4, -0.2) is 116 Å². The van der Waals surface area contributed by atoms with E-state index < -0.39 is 47.0 Å². The van der Waals surface area contributed by atoms with E-state index in [1.165, 1.54) is 25.4 Å². The van der Waals surface area contributed by atoms with Gasteiger partial charge in [0.1, 0.15) is 23.4 Å². The Hall–Kier alpha value is -5.98. The number of anilines is 2. The van der Waals surface area contributed by atoms with Gasteiger partial charge in [-0.3, -0.25) is 18.6 Å². The number of imidazole rings is 1. The summed E-state index contributed by atoms with van der Waals surface area (Å²) in [5.41, 5.74) is 1.99. The van der Waals surface area contributed by atoms with E-state index in [0.29, 0.717) is 60.2 Å². The Morgan fingerprint density at radius 1 is 0.969 bits per heavy atom. The van der Waals surface area contributed by atoms with Crippen LogP contribution in [0.5, 0.6) is 5.75 Å². The van der Waals surface area contributed by atoms with Crippen LogP contribution in [0.1, 0.15) is 69.7 Å². The molecule has 4 aromatic rings. The number of alkyl halides is 3. The van der Waals surface area contributed by atoms with Crippen LogP contribution in [0, 0.1) is 17.3 Å². The number of nitrogens with one attached hydrogen (secondary N) is 3. The van der Waals surface area contributed by atoms with Crippen LogP contribution >= 0.6 is 0 Å². The summed E-state index contributed by atoms with van der Waals surface area (Å²) in [6.45, 7) is 11.8. The number of hydrogen-bond donors (Lipinski definition) is 3. The molecule has 4 heterocycles. The number of aromatic amines is 1. The van der Waals surface area contributed by atoms with Gasteiger partial charge in [-0.15, -0.1) is 13.2 Å². The highest BCUT2D eigenvalue weighted by Crippen LogP contribution is 2.52. The first-order valence-electron chi connectivity index (χ1n) is 21.1. The van der Waals surface area contributed by atoms with Crippen molar-refractivity contribution in [2.45, 2.75) is 77.2 Å². The molecule has 2 aromatic carbocycles. The molecule has 3 aliphatic rings. The number of pyridine rings is 1. The summed E-state index contributed by atoms with van der Waals surface area (Å²) < 4.78 is 63.0. The van der Waals surface area contributed by atoms with E-state index in [1.54, 1.807) is 67.6 Å². The summed E-state index contributed by atoms with van der Waals surface area (Å²) in [5, 5.41) is 4.98. The Kier molecular flexibility index (Phi) is 13.1. The average Bonchev–Trinajstić information content (AvgIpc) is 3.56. The van der Waals surface area contributed by atoms with Crippen LogP contribution < -0.4 is 20.3 Å². The molecule has 0 radical (unpaired) electrons. The second-order valence-electron chi connectivity index (χ2n) is 17.7. The Bertz CT molecular complexity index is 2410. The Labute approximate surface area is 371 Å². The molecule has 1 aliphatic carbocycles. The topological polar surface area (TPSA) is 179 Å². The Morgan fingerprint density at radius 2 is 1.67 bits per heavy atom. The number of likely N-dealkylation sites (tertiary alicyclic amines) is 1. The van der Waals surface area contributed by atoms with Crippen molar-refractivity contribution in [1.29, 1.82) is 0 Å². The number of H-pyrrole nitrogens is 1. The first-order chi connectivity index (χ1) is 30.2. The van der Waals surface area contributed by atoms with Crippen LogP contribution in [0.3, 0.4) is 0 Å². The second-order valence-corrected chi connectivity index (χ2v) is 19.3. The maximum atomic E-state index is 13.8. The van der Waals surface area contributed by atoms with Crippen molar-refractivity contribution in [2.75, 3.05) is 49.8 Å². The molecule has 2 aliphatic heterocycles. The summed E-state index contributed by atoms with van der Waals surface area (Å²) in [4.78, 5) is 70.2. The van der Waals surface area contributed by atoms with Crippen molar-refractivity contribution in [3.8, 4) is 28.1 Å². The smallest absolute Gasteiger partial charge is 0.453 e. The van der Waals surface area contributed by atoms with Crippen LogP contribution in [0.2, 0.25) is 0 Å². The summed E-state index contributed by atoms with van der Waals surface area (Å²) in [5.74, 6) is -0.492. The van der Waals surface area contributed by atoms with Crippen molar-refractivity contribution in [3.63, 3.8) is 0 Å². The lowest BCUT2D eigenvalue weighted by Gasteiger charge is -2.41. The fraction of sp³-hybridized carbons (Fsp3) is 0.467. The van der Waals surface area contributed by atoms with Gasteiger partial charge in [-0.1, -0.05) is 52.0 Å². The molecule has 15 nitrogen and oxygen atoms in total. The zero-order valence-corrected chi connectivity index (χ0v) is 37.5. The summed E-state index contributed by atoms with van der Waals surface area (Å²) in [6, 6.07) is 12.4. The fourth-order valence-electron chi connectivity index (χ4n) is 8.45. The highest BCUT2D eigenvalue weighted by Gasteiger charge is 2.52. The van der Waals surface area contributed by atoms with Gasteiger partial charge in [-0.2, -0.15) is 0 Å². The van der Waals surface area contributed by atoms with Crippen molar-refractivity contribution < 1.29 is 46.0 Å². The van der Waals surface area contributed by atoms with Crippen LogP contribution in [0.15, 0.2) is 67.0 Å². The normalized spacial score (nSPS) is 21.6. The molecule has 1 saturated carbocycles. The summed E-state index contributed by atoms with van der Waals surface area (Å²) in [7, 11) is -0.0413. The molecule has 6 atom stereocenters. The fourth-order valence-corrected chi connectivity index (χ4v) is 9.28. The lowest BCUT2D eigenvalue weighted by atomic mass is 10.00. The minimum absolute atomic E-state index is 0.0193. The number of nitrogens with zero attached hydrogens (tertiary/aromatic N) is 5. The second kappa shape index (κ2) is 18.3. The quantitative estimate of drug-likeness (QED) is 0.137. The van der Waals surface area contributed by atoms with E-state index in [-0.39, 0.29) is 58.0 Å². The monoisotopic (exact) mass is 906 g/mol. The average molecular weight is 907 g/mol. The number of benzene rings is 2. The number of amides is 4. The van der Waals surface area contributed by atoms with Gasteiger partial charge in [0.05, 0.1) is 42.2 Å². The molecule has 19 heteroatoms. The van der Waals surface area contributed by atoms with Gasteiger partial charge in [0, 0.05) is 66.3 Å². The molecule has 2 unspecified atom stereocenters. The van der Waals surface area contributed by atoms with Gasteiger partial charge >= 0.3 is 12.5 Å². The van der Waals surface area contributed by atoms with E-state index in [2.05, 4.69) is 49.1 Å². The third-order valence-electron chi connectivity index (χ3n) is 12.3. The molecule has 3 N–H and O–H groups in total. The third kappa shape index (κ3) is 10.2. The highest BCUT2D eigenvalue weighted by molar-refractivity contribution is 7.84. The van der Waals surface area contributed by atoms with Crippen molar-refractivity contribution in [3.05, 3.63) is 78.4 Å². The van der Waals surface area contributed by atoms with Crippen molar-refractivity contribution >= 4 is 46.1 Å². The van der Waals surface area contributed by atoms with Gasteiger partial charge in [-0.25, -0.2) is 14.8 Å². The SMILES string of the molecule is COC(=O)N[C@H](C(=O)N1C[C@@H](S(C)=O)C[C@H]1c1ncc(-c2ccc(-c3ccc(C(=O)Nc4ccc(N5CCN(C(=O)C6CC6(C)C)C[C@H]5C)nc4)cc3OC(F)(F)F)cc2)[nH]1)C(C)C. The predicted octanol–water partition coefficient (Wildman–Crippen LogP) is 6.77. The molecule has 0 spiro atoms. The summed E-state index contributed by atoms with van der Waals surface area (Å²) in [6.07, 6.45) is 0.103. The molecule has 342 valence electrons. The number of carbonyl (C=O) groups excluding carboxylic acids is 4. The molecule has 3 fully saturated rings. The maximum absolute atomic E-state index is 13.8. The molecule has 2 aromatic heterocycles. The third-order valence-corrected chi connectivity index (χ3v) is 13.6. The standard InChI is InChI=1S/C45H53F3N8O7S/c1-25(2)38(53-43(60)62-6)42(59)56-24-31(64(7)61)19-35(56)39-50-22-34(52-39)28-10-8-27(9-11-28)32-14-12-29(18-36(32)63-45(46,47)48)40(57)51-30-13-15-37(49-21-30)55-17-16-54(23-26(55)3)41(58)33-20-44(33,4)5/h8-15,18,21-22,25-26,31,33,35,38H,16-17,19-20,23-24H2,1-7H3,(H,50,52)(H,51,57)(H,53,60)/t26-,31+,33?,35+,38+,64?/m1/s1. The number of alkyl carbamates (subject to hydrolysis) is 1. The molecule has 7 rings (SSSR count). The van der Waals surface area contributed by atoms with E-state index >= 15 is 0 Å². The number of hydrogen-bond acceptors (Lipinski definition) is 10. The number of aromatic nitrogens is 3. The molecule has 0 bridgehead atoms. The van der Waals surface area contributed by atoms with Gasteiger partial charge < -0.3 is 39.8 Å².